The molecule has 1 atom stereocenters. The molecular weight excluding hydrogens is 406 g/mol. The van der Waals surface area contributed by atoms with Gasteiger partial charge in [-0.2, -0.15) is 0 Å². The van der Waals surface area contributed by atoms with Crippen LogP contribution in [0, 0.1) is 0 Å². The van der Waals surface area contributed by atoms with Gasteiger partial charge in [-0.25, -0.2) is 4.98 Å². The number of anilines is 1. The van der Waals surface area contributed by atoms with Gasteiger partial charge in [0.15, 0.2) is 16.3 Å². The number of fused-ring (bicyclic) bond motifs is 2. The van der Waals surface area contributed by atoms with Crippen LogP contribution in [0.3, 0.4) is 0 Å². The number of rotatable bonds is 3. The highest BCUT2D eigenvalue weighted by Gasteiger charge is 2.29. The third-order valence-corrected chi connectivity index (χ3v) is 6.31. The van der Waals surface area contributed by atoms with Crippen molar-refractivity contribution in [2.75, 3.05) is 18.5 Å². The van der Waals surface area contributed by atoms with Crippen molar-refractivity contribution >= 4 is 39.3 Å². The summed E-state index contributed by atoms with van der Waals surface area (Å²) in [4.78, 5) is 44.6. The van der Waals surface area contributed by atoms with Crippen molar-refractivity contribution in [1.82, 2.24) is 9.88 Å². The Balaban J connectivity index is 1.33. The fourth-order valence-electron chi connectivity index (χ4n) is 3.76. The SMILES string of the molecule is O=C(Nc1nc2c(s1)CN(C(=O)c1cc(=O)c3ccccc3o1)CC2)C1CCCO1. The molecule has 2 aliphatic rings. The molecule has 2 aliphatic heterocycles. The maximum Gasteiger partial charge on any atom is 0.290 e. The van der Waals surface area contributed by atoms with Crippen LogP contribution >= 0.6 is 11.3 Å². The predicted molar refractivity (Wildman–Crippen MR) is 111 cm³/mol. The van der Waals surface area contributed by atoms with Gasteiger partial charge in [0.05, 0.1) is 17.6 Å². The van der Waals surface area contributed by atoms with E-state index in [4.69, 9.17) is 9.15 Å². The van der Waals surface area contributed by atoms with Crippen LogP contribution in [0.15, 0.2) is 39.5 Å². The third-order valence-electron chi connectivity index (χ3n) is 5.32. The number of para-hydroxylation sites is 1. The second kappa shape index (κ2) is 7.66. The zero-order valence-corrected chi connectivity index (χ0v) is 16.9. The van der Waals surface area contributed by atoms with E-state index in [1.807, 2.05) is 0 Å². The second-order valence-electron chi connectivity index (χ2n) is 7.33. The number of carbonyl (C=O) groups excluding carboxylic acids is 2. The minimum absolute atomic E-state index is 0.0265. The third kappa shape index (κ3) is 3.50. The van der Waals surface area contributed by atoms with E-state index < -0.39 is 6.10 Å². The molecule has 1 unspecified atom stereocenters. The van der Waals surface area contributed by atoms with Crippen molar-refractivity contribution in [2.45, 2.75) is 31.9 Å². The van der Waals surface area contributed by atoms with E-state index in [1.54, 1.807) is 29.2 Å². The lowest BCUT2D eigenvalue weighted by Gasteiger charge is -2.25. The molecule has 0 aliphatic carbocycles. The van der Waals surface area contributed by atoms with Crippen LogP contribution in [0.25, 0.3) is 11.0 Å². The van der Waals surface area contributed by atoms with Gasteiger partial charge < -0.3 is 14.1 Å². The Morgan fingerprint density at radius 3 is 2.97 bits per heavy atom. The molecule has 30 heavy (non-hydrogen) atoms. The summed E-state index contributed by atoms with van der Waals surface area (Å²) >= 11 is 1.36. The minimum atomic E-state index is -0.417. The molecule has 1 aromatic carbocycles. The van der Waals surface area contributed by atoms with Crippen LogP contribution < -0.4 is 10.7 Å². The molecule has 3 aromatic rings. The zero-order valence-electron chi connectivity index (χ0n) is 16.1. The summed E-state index contributed by atoms with van der Waals surface area (Å²) in [7, 11) is 0. The summed E-state index contributed by atoms with van der Waals surface area (Å²) in [5.41, 5.74) is 1.03. The summed E-state index contributed by atoms with van der Waals surface area (Å²) < 4.78 is 11.1. The van der Waals surface area contributed by atoms with Crippen molar-refractivity contribution in [3.05, 3.63) is 56.9 Å². The van der Waals surface area contributed by atoms with Gasteiger partial charge in [0, 0.05) is 30.5 Å². The van der Waals surface area contributed by atoms with Gasteiger partial charge in [0.25, 0.3) is 11.8 Å². The smallest absolute Gasteiger partial charge is 0.290 e. The highest BCUT2D eigenvalue weighted by molar-refractivity contribution is 7.15. The molecule has 1 N–H and O–H groups in total. The Hall–Kier alpha value is -3.04. The predicted octanol–water partition coefficient (Wildman–Crippen LogP) is 2.57. The number of thiazole rings is 1. The number of ether oxygens (including phenoxy) is 1. The van der Waals surface area contributed by atoms with E-state index in [0.29, 0.717) is 42.2 Å². The van der Waals surface area contributed by atoms with Gasteiger partial charge in [0.2, 0.25) is 0 Å². The Morgan fingerprint density at radius 1 is 1.27 bits per heavy atom. The topological polar surface area (TPSA) is 102 Å². The molecule has 154 valence electrons. The average molecular weight is 425 g/mol. The molecule has 2 amide bonds. The van der Waals surface area contributed by atoms with Gasteiger partial charge >= 0.3 is 0 Å². The first-order chi connectivity index (χ1) is 14.6. The van der Waals surface area contributed by atoms with Crippen molar-refractivity contribution in [3.63, 3.8) is 0 Å². The molecule has 0 radical (unpaired) electrons. The fourth-order valence-corrected chi connectivity index (χ4v) is 4.78. The molecule has 2 aromatic heterocycles. The van der Waals surface area contributed by atoms with Gasteiger partial charge in [-0.05, 0) is 25.0 Å². The van der Waals surface area contributed by atoms with E-state index in [-0.39, 0.29) is 23.0 Å². The van der Waals surface area contributed by atoms with Crippen molar-refractivity contribution < 1.29 is 18.7 Å². The zero-order chi connectivity index (χ0) is 20.7. The van der Waals surface area contributed by atoms with Crippen LogP contribution in [0.5, 0.6) is 0 Å². The second-order valence-corrected chi connectivity index (χ2v) is 8.41. The lowest BCUT2D eigenvalue weighted by atomic mass is 10.1. The number of aromatic nitrogens is 1. The number of nitrogens with zero attached hydrogens (tertiary/aromatic N) is 2. The van der Waals surface area contributed by atoms with Crippen LogP contribution in [-0.2, 0) is 22.5 Å². The molecule has 0 saturated carbocycles. The van der Waals surface area contributed by atoms with E-state index in [2.05, 4.69) is 10.3 Å². The maximum atomic E-state index is 13.0. The first-order valence-corrected chi connectivity index (χ1v) is 10.6. The van der Waals surface area contributed by atoms with Crippen LogP contribution in [0.2, 0.25) is 0 Å². The molecule has 1 fully saturated rings. The molecule has 5 rings (SSSR count). The molecule has 4 heterocycles. The molecule has 0 spiro atoms. The summed E-state index contributed by atoms with van der Waals surface area (Å²) in [6.07, 6.45) is 1.76. The standard InChI is InChI=1S/C21H19N3O5S/c25-14-10-17(29-15-5-2-1-4-12(14)15)20(27)24-8-7-13-18(11-24)30-21(22-13)23-19(26)16-6-3-9-28-16/h1-2,4-5,10,16H,3,6-9,11H2,(H,22,23,26). The first kappa shape index (κ1) is 19.0. The van der Waals surface area contributed by atoms with Crippen LogP contribution in [0.4, 0.5) is 5.13 Å². The van der Waals surface area contributed by atoms with Gasteiger partial charge in [-0.3, -0.25) is 19.7 Å². The molecule has 8 nitrogen and oxygen atoms in total. The highest BCUT2D eigenvalue weighted by Crippen LogP contribution is 2.29. The summed E-state index contributed by atoms with van der Waals surface area (Å²) in [6.45, 7) is 1.43. The number of hydrogen-bond acceptors (Lipinski definition) is 7. The van der Waals surface area contributed by atoms with E-state index in [9.17, 15) is 14.4 Å². The summed E-state index contributed by atoms with van der Waals surface area (Å²) in [5, 5.41) is 3.79. The number of carbonyl (C=O) groups is 2. The molecular formula is C21H19N3O5S. The molecule has 0 bridgehead atoms. The largest absolute Gasteiger partial charge is 0.451 e. The number of nitrogens with one attached hydrogen (secondary N) is 1. The van der Waals surface area contributed by atoms with Crippen molar-refractivity contribution in [2.24, 2.45) is 0 Å². The molecule has 1 saturated heterocycles. The van der Waals surface area contributed by atoms with Gasteiger partial charge in [-0.1, -0.05) is 23.5 Å². The average Bonchev–Trinajstić information content (AvgIpc) is 3.42. The summed E-state index contributed by atoms with van der Waals surface area (Å²) in [5.74, 6) is -0.482. The number of benzene rings is 1. The lowest BCUT2D eigenvalue weighted by molar-refractivity contribution is -0.124. The monoisotopic (exact) mass is 425 g/mol. The maximum absolute atomic E-state index is 13.0. The van der Waals surface area contributed by atoms with E-state index in [0.717, 1.165) is 23.4 Å². The quantitative estimate of drug-likeness (QED) is 0.692. The van der Waals surface area contributed by atoms with Gasteiger partial charge in [-0.15, -0.1) is 0 Å². The number of amides is 2. The first-order valence-electron chi connectivity index (χ1n) is 9.82. The van der Waals surface area contributed by atoms with Crippen molar-refractivity contribution in [1.29, 1.82) is 0 Å². The van der Waals surface area contributed by atoms with Crippen molar-refractivity contribution in [3.8, 4) is 0 Å². The van der Waals surface area contributed by atoms with E-state index in [1.165, 1.54) is 17.4 Å². The van der Waals surface area contributed by atoms with Crippen LogP contribution in [0.1, 0.15) is 34.0 Å². The lowest BCUT2D eigenvalue weighted by Crippen LogP contribution is -2.35. The van der Waals surface area contributed by atoms with E-state index >= 15 is 0 Å². The Morgan fingerprint density at radius 2 is 2.13 bits per heavy atom. The Bertz CT molecular complexity index is 1190. The Labute approximate surface area is 175 Å². The summed E-state index contributed by atoms with van der Waals surface area (Å²) in [6, 6.07) is 8.11. The Kier molecular flexibility index (Phi) is 4.84. The normalized spacial score (nSPS) is 18.4. The minimum Gasteiger partial charge on any atom is -0.451 e. The fraction of sp³-hybridized carbons (Fsp3) is 0.333. The highest BCUT2D eigenvalue weighted by atomic mass is 32.1. The molecule has 9 heteroatoms. The van der Waals surface area contributed by atoms with Gasteiger partial charge in [0.1, 0.15) is 11.7 Å². The number of hydrogen-bond donors (Lipinski definition) is 1. The van der Waals surface area contributed by atoms with Crippen LogP contribution in [-0.4, -0.2) is 41.0 Å².